The number of hydrogen-bond donors (Lipinski definition) is 1. The molecule has 25 heavy (non-hydrogen) atoms. The quantitative estimate of drug-likeness (QED) is 0.758. The maximum Gasteiger partial charge on any atom is 0.314 e. The Hall–Kier alpha value is -2.97. The van der Waals surface area contributed by atoms with Gasteiger partial charge in [0.05, 0.1) is 11.1 Å². The summed E-state index contributed by atoms with van der Waals surface area (Å²) in [7, 11) is 0. The Labute approximate surface area is 140 Å². The van der Waals surface area contributed by atoms with Crippen molar-refractivity contribution in [2.24, 2.45) is 0 Å². The van der Waals surface area contributed by atoms with Crippen molar-refractivity contribution in [3.63, 3.8) is 0 Å². The molecule has 128 valence electrons. The molecule has 4 rings (SSSR count). The zero-order valence-electron chi connectivity index (χ0n) is 12.8. The number of nitrogens with one attached hydrogen (secondary N) is 1. The van der Waals surface area contributed by atoms with Crippen LogP contribution in [0.5, 0.6) is 0 Å². The highest BCUT2D eigenvalue weighted by Crippen LogP contribution is 2.47. The molecule has 1 aliphatic carbocycles. The molecule has 1 aromatic carbocycles. The van der Waals surface area contributed by atoms with Crippen LogP contribution in [0.2, 0.25) is 0 Å². The molecule has 0 unspecified atom stereocenters. The number of aromatic nitrogens is 4. The first-order valence-electron chi connectivity index (χ1n) is 7.54. The molecular formula is C16H12F3N5O. The predicted molar refractivity (Wildman–Crippen MR) is 81.2 cm³/mol. The summed E-state index contributed by atoms with van der Waals surface area (Å²) < 4.78 is 42.9. The van der Waals surface area contributed by atoms with Crippen LogP contribution in [0.25, 0.3) is 11.5 Å². The van der Waals surface area contributed by atoms with Crippen molar-refractivity contribution in [2.75, 3.05) is 5.32 Å². The summed E-state index contributed by atoms with van der Waals surface area (Å²) in [5.41, 5.74) is 0.999. The van der Waals surface area contributed by atoms with Crippen LogP contribution in [-0.2, 0) is 5.54 Å². The van der Waals surface area contributed by atoms with E-state index >= 15 is 0 Å². The van der Waals surface area contributed by atoms with Crippen LogP contribution in [0.1, 0.15) is 30.7 Å². The second-order valence-corrected chi connectivity index (χ2v) is 5.76. The summed E-state index contributed by atoms with van der Waals surface area (Å²) in [6, 6.07) is 6.29. The molecule has 0 radical (unpaired) electrons. The molecule has 0 amide bonds. The van der Waals surface area contributed by atoms with Crippen molar-refractivity contribution >= 4 is 5.95 Å². The fraction of sp³-hybridized carbons (Fsp3) is 0.250. The second kappa shape index (κ2) is 5.83. The molecule has 0 bridgehead atoms. The molecule has 0 spiro atoms. The molecule has 2 heterocycles. The predicted octanol–water partition coefficient (Wildman–Crippen LogP) is 3.70. The number of halogens is 3. The highest BCUT2D eigenvalue weighted by molar-refractivity contribution is 5.51. The van der Waals surface area contributed by atoms with Crippen LogP contribution in [0.4, 0.5) is 19.1 Å². The first kappa shape index (κ1) is 15.6. The van der Waals surface area contributed by atoms with Crippen LogP contribution >= 0.6 is 0 Å². The average molecular weight is 347 g/mol. The van der Waals surface area contributed by atoms with E-state index in [1.165, 1.54) is 24.5 Å². The SMILES string of the molecule is Fc1ccc(C2(Nc3ncc(-c4nnc(C(F)F)o4)cn3)CC2)cc1. The maximum absolute atomic E-state index is 13.1. The van der Waals surface area contributed by atoms with E-state index in [4.69, 9.17) is 4.42 Å². The molecule has 0 atom stereocenters. The summed E-state index contributed by atoms with van der Waals surface area (Å²) in [5.74, 6) is -0.728. The lowest BCUT2D eigenvalue weighted by atomic mass is 10.1. The van der Waals surface area contributed by atoms with Gasteiger partial charge in [0.2, 0.25) is 5.95 Å². The Morgan fingerprint density at radius 2 is 1.72 bits per heavy atom. The summed E-state index contributed by atoms with van der Waals surface area (Å²) in [5, 5.41) is 10.0. The van der Waals surface area contributed by atoms with Gasteiger partial charge in [0.25, 0.3) is 11.8 Å². The lowest BCUT2D eigenvalue weighted by molar-refractivity contribution is 0.116. The first-order valence-corrected chi connectivity index (χ1v) is 7.54. The van der Waals surface area contributed by atoms with Gasteiger partial charge >= 0.3 is 6.43 Å². The highest BCUT2D eigenvalue weighted by Gasteiger charge is 2.45. The molecule has 9 heteroatoms. The van der Waals surface area contributed by atoms with E-state index in [2.05, 4.69) is 25.5 Å². The van der Waals surface area contributed by atoms with Gasteiger partial charge in [-0.1, -0.05) is 12.1 Å². The van der Waals surface area contributed by atoms with Crippen molar-refractivity contribution in [2.45, 2.75) is 24.8 Å². The molecule has 1 saturated carbocycles. The van der Waals surface area contributed by atoms with Gasteiger partial charge in [-0.3, -0.25) is 0 Å². The Morgan fingerprint density at radius 1 is 1.04 bits per heavy atom. The maximum atomic E-state index is 13.1. The minimum absolute atomic E-state index is 0.0680. The Bertz CT molecular complexity index is 876. The fourth-order valence-electron chi connectivity index (χ4n) is 2.54. The first-order chi connectivity index (χ1) is 12.1. The Morgan fingerprint density at radius 3 is 2.28 bits per heavy atom. The monoisotopic (exact) mass is 347 g/mol. The van der Waals surface area contributed by atoms with Crippen LogP contribution in [0, 0.1) is 5.82 Å². The Kier molecular flexibility index (Phi) is 3.63. The second-order valence-electron chi connectivity index (χ2n) is 5.76. The molecule has 1 fully saturated rings. The van der Waals surface area contributed by atoms with Gasteiger partial charge < -0.3 is 9.73 Å². The molecule has 2 aromatic heterocycles. The van der Waals surface area contributed by atoms with E-state index in [0.717, 1.165) is 18.4 Å². The summed E-state index contributed by atoms with van der Waals surface area (Å²) in [6.07, 6.45) is 1.77. The highest BCUT2D eigenvalue weighted by atomic mass is 19.3. The third kappa shape index (κ3) is 3.04. The number of nitrogens with zero attached hydrogens (tertiary/aromatic N) is 4. The largest absolute Gasteiger partial charge is 0.415 e. The van der Waals surface area contributed by atoms with Gasteiger partial charge in [-0.25, -0.2) is 14.4 Å². The van der Waals surface area contributed by atoms with E-state index in [0.29, 0.717) is 11.5 Å². The molecule has 1 N–H and O–H groups in total. The van der Waals surface area contributed by atoms with Gasteiger partial charge in [0.15, 0.2) is 0 Å². The molecule has 6 nitrogen and oxygen atoms in total. The molecule has 1 aliphatic rings. The van der Waals surface area contributed by atoms with Crippen molar-refractivity contribution in [3.05, 3.63) is 53.9 Å². The fourth-order valence-corrected chi connectivity index (χ4v) is 2.54. The number of hydrogen-bond acceptors (Lipinski definition) is 6. The van der Waals surface area contributed by atoms with Crippen LogP contribution < -0.4 is 5.32 Å². The van der Waals surface area contributed by atoms with Gasteiger partial charge in [0, 0.05) is 12.4 Å². The third-order valence-electron chi connectivity index (χ3n) is 4.02. The number of benzene rings is 1. The van der Waals surface area contributed by atoms with Gasteiger partial charge in [-0.15, -0.1) is 10.2 Å². The van der Waals surface area contributed by atoms with Gasteiger partial charge in [0.1, 0.15) is 5.82 Å². The van der Waals surface area contributed by atoms with E-state index in [1.54, 1.807) is 12.1 Å². The zero-order valence-corrected chi connectivity index (χ0v) is 12.8. The molecular weight excluding hydrogens is 335 g/mol. The number of alkyl halides is 2. The third-order valence-corrected chi connectivity index (χ3v) is 4.02. The van der Waals surface area contributed by atoms with Crippen molar-refractivity contribution < 1.29 is 17.6 Å². The van der Waals surface area contributed by atoms with Crippen molar-refractivity contribution in [3.8, 4) is 11.5 Å². The van der Waals surface area contributed by atoms with Crippen LogP contribution in [0.15, 0.2) is 41.1 Å². The minimum atomic E-state index is -2.83. The van der Waals surface area contributed by atoms with E-state index in [-0.39, 0.29) is 17.2 Å². The summed E-state index contributed by atoms with van der Waals surface area (Å²) in [6.45, 7) is 0. The molecule has 0 aliphatic heterocycles. The normalized spacial score (nSPS) is 15.4. The lowest BCUT2D eigenvalue weighted by Gasteiger charge is -2.17. The zero-order chi connectivity index (χ0) is 17.4. The van der Waals surface area contributed by atoms with Crippen molar-refractivity contribution in [1.82, 2.24) is 20.2 Å². The smallest absolute Gasteiger partial charge is 0.314 e. The average Bonchev–Trinajstić information content (AvgIpc) is 3.21. The Balaban J connectivity index is 1.51. The van der Waals surface area contributed by atoms with Gasteiger partial charge in [-0.05, 0) is 30.5 Å². The lowest BCUT2D eigenvalue weighted by Crippen LogP contribution is -2.20. The van der Waals surface area contributed by atoms with Crippen molar-refractivity contribution in [1.29, 1.82) is 0 Å². The number of rotatable bonds is 5. The summed E-state index contributed by atoms with van der Waals surface area (Å²) >= 11 is 0. The number of anilines is 1. The van der Waals surface area contributed by atoms with Crippen LogP contribution in [-0.4, -0.2) is 20.2 Å². The van der Waals surface area contributed by atoms with Gasteiger partial charge in [-0.2, -0.15) is 8.78 Å². The van der Waals surface area contributed by atoms with E-state index in [9.17, 15) is 13.2 Å². The summed E-state index contributed by atoms with van der Waals surface area (Å²) in [4.78, 5) is 8.33. The molecule has 0 saturated heterocycles. The van der Waals surface area contributed by atoms with Crippen LogP contribution in [0.3, 0.4) is 0 Å². The topological polar surface area (TPSA) is 76.7 Å². The standard InChI is InChI=1S/C16H12F3N5O/c17-11-3-1-10(2-4-11)16(5-6-16)22-15-20-7-9(8-21-15)13-23-24-14(25-13)12(18)19/h1-4,7-8,12H,5-6H2,(H,20,21,22). The minimum Gasteiger partial charge on any atom is -0.415 e. The van der Waals surface area contributed by atoms with E-state index in [1.807, 2.05) is 0 Å². The molecule has 3 aromatic rings. The van der Waals surface area contributed by atoms with E-state index < -0.39 is 12.3 Å².